The Kier molecular flexibility index (Phi) is 2.37. The maximum absolute atomic E-state index is 10.9. The zero-order valence-electron chi connectivity index (χ0n) is 7.31. The summed E-state index contributed by atoms with van der Waals surface area (Å²) in [7, 11) is 0. The van der Waals surface area contributed by atoms with Crippen LogP contribution >= 0.6 is 11.9 Å². The van der Waals surface area contributed by atoms with Gasteiger partial charge in [-0.2, -0.15) is 0 Å². The Hall–Kier alpha value is -1.55. The minimum atomic E-state index is -0.406. The number of fused-ring (bicyclic) bond motifs is 1. The summed E-state index contributed by atoms with van der Waals surface area (Å²) in [5.41, 5.74) is 6.68. The summed E-state index contributed by atoms with van der Waals surface area (Å²) in [5, 5.41) is 0. The minimum Gasteiger partial charge on any atom is -0.366 e. The van der Waals surface area contributed by atoms with Crippen LogP contribution in [0.3, 0.4) is 0 Å². The molecule has 14 heavy (non-hydrogen) atoms. The third kappa shape index (κ3) is 1.70. The van der Waals surface area contributed by atoms with Gasteiger partial charge < -0.3 is 5.73 Å². The van der Waals surface area contributed by atoms with E-state index >= 15 is 0 Å². The highest BCUT2D eigenvalue weighted by Gasteiger charge is 2.06. The lowest BCUT2D eigenvalue weighted by atomic mass is 10.1. The first-order valence-corrected chi connectivity index (χ1v) is 4.85. The summed E-state index contributed by atoms with van der Waals surface area (Å²) in [6, 6.07) is 5.34. The average Bonchev–Trinajstić information content (AvgIpc) is 2.41. The van der Waals surface area contributed by atoms with Crippen LogP contribution in [0.25, 0.3) is 6.08 Å². The van der Waals surface area contributed by atoms with Gasteiger partial charge in [0.15, 0.2) is 0 Å². The molecule has 1 aromatic rings. The van der Waals surface area contributed by atoms with Crippen LogP contribution < -0.4 is 5.73 Å². The molecule has 1 aromatic carbocycles. The third-order valence-electron chi connectivity index (χ3n) is 1.87. The number of nitrogens with two attached hydrogens (primary N) is 1. The van der Waals surface area contributed by atoms with Crippen LogP contribution in [0.15, 0.2) is 33.6 Å². The van der Waals surface area contributed by atoms with Gasteiger partial charge in [-0.3, -0.25) is 4.79 Å². The van der Waals surface area contributed by atoms with Crippen molar-refractivity contribution in [2.45, 2.75) is 4.90 Å². The third-order valence-corrected chi connectivity index (χ3v) is 2.66. The molecule has 1 heterocycles. The molecule has 70 valence electrons. The van der Waals surface area contributed by atoms with Gasteiger partial charge in [-0.15, -0.1) is 0 Å². The maximum atomic E-state index is 10.9. The fourth-order valence-electron chi connectivity index (χ4n) is 1.18. The molecule has 0 atom stereocenters. The molecule has 0 saturated carbocycles. The Morgan fingerprint density at radius 2 is 2.29 bits per heavy atom. The number of allylic oxidation sites excluding steroid dienone is 1. The van der Waals surface area contributed by atoms with E-state index in [0.717, 1.165) is 10.5 Å². The zero-order chi connectivity index (χ0) is 9.97. The molecule has 0 fully saturated rings. The van der Waals surface area contributed by atoms with Gasteiger partial charge in [-0.25, -0.2) is 4.40 Å². The Bertz CT molecular complexity index is 438. The van der Waals surface area contributed by atoms with E-state index in [4.69, 9.17) is 5.73 Å². The molecule has 1 aliphatic heterocycles. The van der Waals surface area contributed by atoms with Crippen molar-refractivity contribution < 1.29 is 4.79 Å². The smallest absolute Gasteiger partial charge is 0.248 e. The summed E-state index contributed by atoms with van der Waals surface area (Å²) in [5.74, 6) is -0.406. The van der Waals surface area contributed by atoms with E-state index in [0.29, 0.717) is 5.56 Å². The lowest BCUT2D eigenvalue weighted by molar-refractivity contribution is 0.1000. The van der Waals surface area contributed by atoms with Crippen LogP contribution in [0.5, 0.6) is 0 Å². The highest BCUT2D eigenvalue weighted by Crippen LogP contribution is 2.27. The number of primary amides is 1. The molecule has 1 aliphatic rings. The monoisotopic (exact) mass is 204 g/mol. The summed E-state index contributed by atoms with van der Waals surface area (Å²) in [4.78, 5) is 12.0. The molecule has 0 bridgehead atoms. The molecule has 3 nitrogen and oxygen atoms in total. The second kappa shape index (κ2) is 3.67. The molecule has 0 spiro atoms. The number of hydrogen-bond donors (Lipinski definition) is 1. The predicted octanol–water partition coefficient (Wildman–Crippen LogP) is 1.89. The van der Waals surface area contributed by atoms with E-state index in [1.54, 1.807) is 18.3 Å². The first kappa shape index (κ1) is 9.02. The zero-order valence-corrected chi connectivity index (χ0v) is 8.12. The lowest BCUT2D eigenvalue weighted by Crippen LogP contribution is -2.10. The molecule has 1 amide bonds. The number of carbonyl (C=O) groups is 1. The van der Waals surface area contributed by atoms with Gasteiger partial charge in [0, 0.05) is 28.6 Å². The van der Waals surface area contributed by atoms with Crippen LogP contribution in [0.1, 0.15) is 15.9 Å². The fraction of sp³-hybridized carbons (Fsp3) is 0. The topological polar surface area (TPSA) is 55.5 Å². The van der Waals surface area contributed by atoms with E-state index in [1.807, 2.05) is 18.2 Å². The molecule has 0 aliphatic carbocycles. The number of carbonyl (C=O) groups excluding carboxylic acids is 1. The van der Waals surface area contributed by atoms with Crippen molar-refractivity contribution in [2.75, 3.05) is 0 Å². The number of benzene rings is 1. The fourth-order valence-corrected chi connectivity index (χ4v) is 1.79. The number of rotatable bonds is 1. The van der Waals surface area contributed by atoms with E-state index in [2.05, 4.69) is 4.40 Å². The molecular weight excluding hydrogens is 196 g/mol. The number of amides is 1. The van der Waals surface area contributed by atoms with Crippen LogP contribution in [0.2, 0.25) is 0 Å². The van der Waals surface area contributed by atoms with Crippen LogP contribution in [-0.2, 0) is 0 Å². The second-order valence-electron chi connectivity index (χ2n) is 2.82. The SMILES string of the molecule is NC(=O)c1ccc2c(c1)C=CC=NS2. The Labute approximate surface area is 85.9 Å². The van der Waals surface area contributed by atoms with E-state index in [1.165, 1.54) is 11.9 Å². The Morgan fingerprint density at radius 3 is 3.07 bits per heavy atom. The van der Waals surface area contributed by atoms with Crippen molar-refractivity contribution >= 4 is 30.1 Å². The number of nitrogens with zero attached hydrogens (tertiary/aromatic N) is 1. The largest absolute Gasteiger partial charge is 0.366 e. The normalized spacial score (nSPS) is 13.4. The first-order chi connectivity index (χ1) is 6.77. The van der Waals surface area contributed by atoms with Gasteiger partial charge in [0.05, 0.1) is 0 Å². The van der Waals surface area contributed by atoms with Crippen LogP contribution in [0.4, 0.5) is 0 Å². The van der Waals surface area contributed by atoms with Gasteiger partial charge in [0.25, 0.3) is 0 Å². The van der Waals surface area contributed by atoms with Crippen LogP contribution in [-0.4, -0.2) is 12.1 Å². The quantitative estimate of drug-likeness (QED) is 0.710. The van der Waals surface area contributed by atoms with E-state index < -0.39 is 5.91 Å². The van der Waals surface area contributed by atoms with Gasteiger partial charge >= 0.3 is 0 Å². The maximum Gasteiger partial charge on any atom is 0.248 e. The van der Waals surface area contributed by atoms with Gasteiger partial charge in [-0.05, 0) is 29.8 Å². The van der Waals surface area contributed by atoms with Gasteiger partial charge in [0.1, 0.15) is 0 Å². The van der Waals surface area contributed by atoms with Crippen molar-refractivity contribution in [3.63, 3.8) is 0 Å². The minimum absolute atomic E-state index is 0.406. The molecule has 0 radical (unpaired) electrons. The van der Waals surface area contributed by atoms with E-state index in [9.17, 15) is 4.79 Å². The lowest BCUT2D eigenvalue weighted by Gasteiger charge is -2.02. The summed E-state index contributed by atoms with van der Waals surface area (Å²) in [6.45, 7) is 0. The van der Waals surface area contributed by atoms with Crippen LogP contribution in [0, 0.1) is 0 Å². The van der Waals surface area contributed by atoms with Gasteiger partial charge in [-0.1, -0.05) is 6.08 Å². The molecule has 0 aromatic heterocycles. The molecular formula is C10H8N2OS. The molecule has 4 heteroatoms. The standard InChI is InChI=1S/C10H8N2OS/c11-10(13)8-3-4-9-7(6-8)2-1-5-12-14-9/h1-6H,(H2,11,13). The molecule has 0 saturated heterocycles. The molecule has 0 unspecified atom stereocenters. The van der Waals surface area contributed by atoms with Crippen molar-refractivity contribution in [1.29, 1.82) is 0 Å². The average molecular weight is 204 g/mol. The molecule has 2 rings (SSSR count). The second-order valence-corrected chi connectivity index (χ2v) is 3.65. The van der Waals surface area contributed by atoms with E-state index in [-0.39, 0.29) is 0 Å². The summed E-state index contributed by atoms with van der Waals surface area (Å²) in [6.07, 6.45) is 5.46. The Balaban J connectivity index is 2.49. The van der Waals surface area contributed by atoms with Gasteiger partial charge in [0.2, 0.25) is 5.91 Å². The first-order valence-electron chi connectivity index (χ1n) is 4.08. The summed E-state index contributed by atoms with van der Waals surface area (Å²) < 4.78 is 4.08. The van der Waals surface area contributed by atoms with Crippen molar-refractivity contribution in [1.82, 2.24) is 0 Å². The molecule has 2 N–H and O–H groups in total. The Morgan fingerprint density at radius 1 is 1.43 bits per heavy atom. The number of hydrogen-bond acceptors (Lipinski definition) is 3. The van der Waals surface area contributed by atoms with Crippen molar-refractivity contribution in [2.24, 2.45) is 10.1 Å². The predicted molar refractivity (Wildman–Crippen MR) is 58.3 cm³/mol. The highest BCUT2D eigenvalue weighted by atomic mass is 32.2. The van der Waals surface area contributed by atoms with Crippen molar-refractivity contribution in [3.05, 3.63) is 35.4 Å². The van der Waals surface area contributed by atoms with Crippen molar-refractivity contribution in [3.8, 4) is 0 Å². The highest BCUT2D eigenvalue weighted by molar-refractivity contribution is 7.98. The summed E-state index contributed by atoms with van der Waals surface area (Å²) >= 11 is 1.38.